The summed E-state index contributed by atoms with van der Waals surface area (Å²) in [5.74, 6) is 0.447. The molecule has 0 fully saturated rings. The molecule has 72 valence electrons. The van der Waals surface area contributed by atoms with E-state index in [0.717, 1.165) is 11.4 Å². The first-order valence-electron chi connectivity index (χ1n) is 3.95. The molecular formula is C8H11ClFN3. The Morgan fingerprint density at radius 3 is 2.54 bits per heavy atom. The van der Waals surface area contributed by atoms with Gasteiger partial charge in [0.15, 0.2) is 11.0 Å². The molecule has 0 amide bonds. The number of nitrogens with one attached hydrogen (secondary N) is 1. The lowest BCUT2D eigenvalue weighted by Gasteiger charge is -2.06. The number of halogens is 2. The molecule has 0 saturated carbocycles. The van der Waals surface area contributed by atoms with Crippen molar-refractivity contribution < 1.29 is 4.39 Å². The van der Waals surface area contributed by atoms with Crippen LogP contribution >= 0.6 is 11.6 Å². The van der Waals surface area contributed by atoms with Crippen LogP contribution in [0.25, 0.3) is 0 Å². The number of nitrogens with zero attached hydrogens (tertiary/aromatic N) is 2. The van der Waals surface area contributed by atoms with Gasteiger partial charge < -0.3 is 5.32 Å². The average Bonchev–Trinajstić information content (AvgIpc) is 2.09. The minimum absolute atomic E-state index is 0.205. The SMILES string of the molecule is Cc1nc(Cl)c(NCCF)nc1C. The van der Waals surface area contributed by atoms with Crippen LogP contribution in [-0.4, -0.2) is 23.2 Å². The molecule has 0 aliphatic carbocycles. The van der Waals surface area contributed by atoms with Gasteiger partial charge in [0.25, 0.3) is 0 Å². The van der Waals surface area contributed by atoms with Crippen LogP contribution in [0.1, 0.15) is 11.4 Å². The van der Waals surface area contributed by atoms with Crippen molar-refractivity contribution in [1.82, 2.24) is 9.97 Å². The fraction of sp³-hybridized carbons (Fsp3) is 0.500. The lowest BCUT2D eigenvalue weighted by molar-refractivity contribution is 0.512. The first-order valence-corrected chi connectivity index (χ1v) is 4.33. The molecule has 13 heavy (non-hydrogen) atoms. The van der Waals surface area contributed by atoms with Crippen molar-refractivity contribution in [3.63, 3.8) is 0 Å². The lowest BCUT2D eigenvalue weighted by Crippen LogP contribution is -2.07. The summed E-state index contributed by atoms with van der Waals surface area (Å²) in [6.07, 6.45) is 0. The number of aryl methyl sites for hydroxylation is 2. The maximum atomic E-state index is 11.8. The van der Waals surface area contributed by atoms with Crippen LogP contribution in [0.5, 0.6) is 0 Å². The van der Waals surface area contributed by atoms with Gasteiger partial charge in [-0.3, -0.25) is 0 Å². The van der Waals surface area contributed by atoms with E-state index in [9.17, 15) is 4.39 Å². The molecule has 0 unspecified atom stereocenters. The van der Waals surface area contributed by atoms with Gasteiger partial charge in [-0.25, -0.2) is 14.4 Å². The quantitative estimate of drug-likeness (QED) is 0.818. The van der Waals surface area contributed by atoms with Crippen molar-refractivity contribution in [2.45, 2.75) is 13.8 Å². The van der Waals surface area contributed by atoms with Gasteiger partial charge in [-0.2, -0.15) is 0 Å². The first kappa shape index (κ1) is 10.2. The first-order chi connectivity index (χ1) is 6.15. The highest BCUT2D eigenvalue weighted by Crippen LogP contribution is 2.17. The summed E-state index contributed by atoms with van der Waals surface area (Å²) in [5.41, 5.74) is 1.58. The van der Waals surface area contributed by atoms with Gasteiger partial charge in [-0.15, -0.1) is 0 Å². The molecule has 0 aromatic carbocycles. The molecule has 0 atom stereocenters. The summed E-state index contributed by atoms with van der Waals surface area (Å²) in [5, 5.41) is 3.04. The van der Waals surface area contributed by atoms with Crippen molar-refractivity contribution in [1.29, 1.82) is 0 Å². The molecule has 1 heterocycles. The van der Waals surface area contributed by atoms with Crippen molar-refractivity contribution >= 4 is 17.4 Å². The van der Waals surface area contributed by atoms with Gasteiger partial charge in [0.05, 0.1) is 11.4 Å². The number of aromatic nitrogens is 2. The summed E-state index contributed by atoms with van der Waals surface area (Å²) < 4.78 is 11.8. The smallest absolute Gasteiger partial charge is 0.171 e. The number of alkyl halides is 1. The van der Waals surface area contributed by atoms with Crippen molar-refractivity contribution in [2.24, 2.45) is 0 Å². The fourth-order valence-electron chi connectivity index (χ4n) is 0.854. The van der Waals surface area contributed by atoms with E-state index in [1.165, 1.54) is 0 Å². The monoisotopic (exact) mass is 203 g/mol. The van der Waals surface area contributed by atoms with Gasteiger partial charge >= 0.3 is 0 Å². The van der Waals surface area contributed by atoms with Crippen LogP contribution in [-0.2, 0) is 0 Å². The summed E-state index contributed by atoms with van der Waals surface area (Å²) >= 11 is 5.78. The van der Waals surface area contributed by atoms with E-state index >= 15 is 0 Å². The third-order valence-corrected chi connectivity index (χ3v) is 1.91. The highest BCUT2D eigenvalue weighted by molar-refractivity contribution is 6.31. The zero-order valence-corrected chi connectivity index (χ0v) is 8.32. The molecule has 3 nitrogen and oxygen atoms in total. The predicted octanol–water partition coefficient (Wildman–Crippen LogP) is 2.13. The zero-order chi connectivity index (χ0) is 9.84. The minimum Gasteiger partial charge on any atom is -0.365 e. The van der Waals surface area contributed by atoms with E-state index in [4.69, 9.17) is 11.6 Å². The van der Waals surface area contributed by atoms with Gasteiger partial charge in [0.1, 0.15) is 6.67 Å². The third kappa shape index (κ3) is 2.52. The maximum absolute atomic E-state index is 11.8. The Hall–Kier alpha value is -0.900. The number of rotatable bonds is 3. The average molecular weight is 204 g/mol. The second-order valence-electron chi connectivity index (χ2n) is 2.65. The maximum Gasteiger partial charge on any atom is 0.171 e. The van der Waals surface area contributed by atoms with Crippen molar-refractivity contribution in [2.75, 3.05) is 18.5 Å². The Balaban J connectivity index is 2.88. The van der Waals surface area contributed by atoms with Crippen LogP contribution in [0, 0.1) is 13.8 Å². The summed E-state index contributed by atoms with van der Waals surface area (Å²) in [6, 6.07) is 0. The molecule has 0 spiro atoms. The Labute approximate surface area is 81.3 Å². The summed E-state index contributed by atoms with van der Waals surface area (Å²) in [6.45, 7) is 3.41. The highest BCUT2D eigenvalue weighted by Gasteiger charge is 2.05. The molecule has 0 aliphatic heterocycles. The van der Waals surface area contributed by atoms with E-state index in [1.54, 1.807) is 0 Å². The second-order valence-corrected chi connectivity index (χ2v) is 3.01. The molecule has 0 radical (unpaired) electrons. The molecule has 1 N–H and O–H groups in total. The van der Waals surface area contributed by atoms with Crippen molar-refractivity contribution in [3.8, 4) is 0 Å². The fourth-order valence-corrected chi connectivity index (χ4v) is 1.09. The zero-order valence-electron chi connectivity index (χ0n) is 7.56. The van der Waals surface area contributed by atoms with E-state index < -0.39 is 6.67 Å². The molecule has 1 rings (SSSR count). The number of hydrogen-bond donors (Lipinski definition) is 1. The summed E-state index contributed by atoms with van der Waals surface area (Å²) in [4.78, 5) is 8.18. The largest absolute Gasteiger partial charge is 0.365 e. The molecule has 0 aliphatic rings. The Kier molecular flexibility index (Phi) is 3.42. The van der Waals surface area contributed by atoms with Crippen LogP contribution in [0.2, 0.25) is 5.15 Å². The van der Waals surface area contributed by atoms with Crippen LogP contribution in [0.3, 0.4) is 0 Å². The Bertz CT molecular complexity index is 304. The normalized spacial score (nSPS) is 10.2. The highest BCUT2D eigenvalue weighted by atomic mass is 35.5. The van der Waals surface area contributed by atoms with Crippen LogP contribution in [0.15, 0.2) is 0 Å². The standard InChI is InChI=1S/C8H11ClFN3/c1-5-6(2)13-8(7(9)12-5)11-4-3-10/h3-4H2,1-2H3,(H,11,13). The Morgan fingerprint density at radius 2 is 1.92 bits per heavy atom. The van der Waals surface area contributed by atoms with Crippen molar-refractivity contribution in [3.05, 3.63) is 16.5 Å². The molecule has 1 aromatic heterocycles. The molecular weight excluding hydrogens is 193 g/mol. The molecule has 0 saturated heterocycles. The van der Waals surface area contributed by atoms with Gasteiger partial charge in [-0.1, -0.05) is 11.6 Å². The predicted molar refractivity (Wildman–Crippen MR) is 51.0 cm³/mol. The summed E-state index contributed by atoms with van der Waals surface area (Å²) in [7, 11) is 0. The van der Waals surface area contributed by atoms with E-state index in [1.807, 2.05) is 13.8 Å². The third-order valence-electron chi connectivity index (χ3n) is 1.65. The number of hydrogen-bond acceptors (Lipinski definition) is 3. The minimum atomic E-state index is -0.453. The topological polar surface area (TPSA) is 37.8 Å². The van der Waals surface area contributed by atoms with Crippen LogP contribution in [0.4, 0.5) is 10.2 Å². The molecule has 5 heteroatoms. The van der Waals surface area contributed by atoms with E-state index in [-0.39, 0.29) is 11.7 Å². The lowest BCUT2D eigenvalue weighted by atomic mass is 10.3. The van der Waals surface area contributed by atoms with Gasteiger partial charge in [0, 0.05) is 6.54 Å². The molecule has 1 aromatic rings. The van der Waals surface area contributed by atoms with Crippen LogP contribution < -0.4 is 5.32 Å². The second kappa shape index (κ2) is 4.37. The van der Waals surface area contributed by atoms with E-state index in [2.05, 4.69) is 15.3 Å². The number of anilines is 1. The Morgan fingerprint density at radius 1 is 1.31 bits per heavy atom. The molecule has 0 bridgehead atoms. The van der Waals surface area contributed by atoms with Gasteiger partial charge in [0.2, 0.25) is 0 Å². The van der Waals surface area contributed by atoms with E-state index in [0.29, 0.717) is 5.82 Å². The van der Waals surface area contributed by atoms with Gasteiger partial charge in [-0.05, 0) is 13.8 Å².